The maximum atomic E-state index is 12.3. The average Bonchev–Trinajstić information content (AvgIpc) is 2.75. The van der Waals surface area contributed by atoms with Gasteiger partial charge in [-0.15, -0.1) is 0 Å². The van der Waals surface area contributed by atoms with E-state index < -0.39 is 5.54 Å². The molecule has 0 radical (unpaired) electrons. The van der Waals surface area contributed by atoms with Gasteiger partial charge in [0.25, 0.3) is 0 Å². The van der Waals surface area contributed by atoms with Gasteiger partial charge >= 0.3 is 5.97 Å². The molecule has 1 saturated carbocycles. The molecule has 110 valence electrons. The molecule has 0 amide bonds. The Morgan fingerprint density at radius 1 is 1.35 bits per heavy atom. The van der Waals surface area contributed by atoms with Crippen LogP contribution in [0.5, 0.6) is 0 Å². The number of pyridine rings is 1. The van der Waals surface area contributed by atoms with Gasteiger partial charge in [-0.1, -0.05) is 31.7 Å². The summed E-state index contributed by atoms with van der Waals surface area (Å²) in [4.78, 5) is 16.4. The molecule has 0 bridgehead atoms. The molecule has 4 heteroatoms. The smallest absolute Gasteiger partial charge is 0.330 e. The lowest BCUT2D eigenvalue weighted by molar-refractivity contribution is -0.148. The van der Waals surface area contributed by atoms with Gasteiger partial charge in [0.2, 0.25) is 0 Å². The van der Waals surface area contributed by atoms with Crippen molar-refractivity contribution >= 4 is 5.97 Å². The number of hydrogen-bond donors (Lipinski definition) is 1. The average molecular weight is 276 g/mol. The van der Waals surface area contributed by atoms with Crippen LogP contribution in [0.1, 0.15) is 51.0 Å². The van der Waals surface area contributed by atoms with E-state index in [2.05, 4.69) is 10.3 Å². The molecule has 20 heavy (non-hydrogen) atoms. The second-order valence-electron chi connectivity index (χ2n) is 5.69. The Kier molecular flexibility index (Phi) is 5.12. The van der Waals surface area contributed by atoms with Gasteiger partial charge in [-0.3, -0.25) is 10.3 Å². The summed E-state index contributed by atoms with van der Waals surface area (Å²) >= 11 is 0. The van der Waals surface area contributed by atoms with Crippen molar-refractivity contribution in [3.05, 3.63) is 30.1 Å². The topological polar surface area (TPSA) is 51.2 Å². The minimum Gasteiger partial charge on any atom is -0.467 e. The number of carbonyl (C=O) groups is 1. The van der Waals surface area contributed by atoms with Crippen LogP contribution in [-0.2, 0) is 15.1 Å². The van der Waals surface area contributed by atoms with Crippen molar-refractivity contribution in [2.45, 2.75) is 57.0 Å². The lowest BCUT2D eigenvalue weighted by atomic mass is 9.91. The van der Waals surface area contributed by atoms with Crippen molar-refractivity contribution in [3.63, 3.8) is 0 Å². The van der Waals surface area contributed by atoms with Crippen LogP contribution in [0.15, 0.2) is 24.5 Å². The summed E-state index contributed by atoms with van der Waals surface area (Å²) in [5.74, 6) is -0.255. The molecule has 1 aromatic rings. The van der Waals surface area contributed by atoms with Crippen LogP contribution in [0.4, 0.5) is 0 Å². The predicted octanol–water partition coefficient (Wildman–Crippen LogP) is 2.78. The maximum absolute atomic E-state index is 12.3. The van der Waals surface area contributed by atoms with E-state index in [4.69, 9.17) is 4.74 Å². The van der Waals surface area contributed by atoms with Gasteiger partial charge in [-0.25, -0.2) is 4.79 Å². The number of aromatic nitrogens is 1. The number of methoxy groups -OCH3 is 1. The van der Waals surface area contributed by atoms with Crippen molar-refractivity contribution in [3.8, 4) is 0 Å². The first-order chi connectivity index (χ1) is 9.66. The van der Waals surface area contributed by atoms with Crippen LogP contribution in [0.3, 0.4) is 0 Å². The molecule has 1 fully saturated rings. The van der Waals surface area contributed by atoms with E-state index in [9.17, 15) is 4.79 Å². The summed E-state index contributed by atoms with van der Waals surface area (Å²) in [5.41, 5.74) is 0.0361. The molecule has 1 aliphatic rings. The Balaban J connectivity index is 2.21. The van der Waals surface area contributed by atoms with Gasteiger partial charge < -0.3 is 4.74 Å². The number of hydrogen-bond acceptors (Lipinski definition) is 4. The largest absolute Gasteiger partial charge is 0.467 e. The van der Waals surface area contributed by atoms with E-state index in [0.717, 1.165) is 18.4 Å². The van der Waals surface area contributed by atoms with Crippen LogP contribution in [-0.4, -0.2) is 24.1 Å². The lowest BCUT2D eigenvalue weighted by Crippen LogP contribution is -2.51. The van der Waals surface area contributed by atoms with E-state index >= 15 is 0 Å². The molecule has 0 aliphatic heterocycles. The highest BCUT2D eigenvalue weighted by Crippen LogP contribution is 2.26. The Morgan fingerprint density at radius 3 is 2.60 bits per heavy atom. The number of ether oxygens (including phenoxy) is 1. The quantitative estimate of drug-likeness (QED) is 0.678. The summed E-state index contributed by atoms with van der Waals surface area (Å²) < 4.78 is 5.01. The fourth-order valence-corrected chi connectivity index (χ4v) is 2.95. The molecular formula is C16H24N2O2. The molecular weight excluding hydrogens is 252 g/mol. The molecule has 0 spiro atoms. The molecule has 1 aromatic heterocycles. The first kappa shape index (κ1) is 15.0. The summed E-state index contributed by atoms with van der Waals surface area (Å²) in [7, 11) is 1.44. The highest BCUT2D eigenvalue weighted by Gasteiger charge is 2.38. The van der Waals surface area contributed by atoms with Crippen molar-refractivity contribution in [2.24, 2.45) is 0 Å². The van der Waals surface area contributed by atoms with Crippen LogP contribution in [0, 0.1) is 0 Å². The standard InChI is InChI=1S/C16H24N2O2/c1-16(15(19)20-2,13-8-7-11-17-12-13)18-14-9-5-3-4-6-10-14/h7-8,11-12,14,18H,3-6,9-10H2,1-2H3. The number of rotatable bonds is 4. The van der Waals surface area contributed by atoms with E-state index in [-0.39, 0.29) is 5.97 Å². The Labute approximate surface area is 120 Å². The summed E-state index contributed by atoms with van der Waals surface area (Å²) in [6.45, 7) is 1.89. The lowest BCUT2D eigenvalue weighted by Gasteiger charge is -2.32. The van der Waals surface area contributed by atoms with E-state index in [1.807, 2.05) is 19.1 Å². The number of carbonyl (C=O) groups excluding carboxylic acids is 1. The van der Waals surface area contributed by atoms with Crippen molar-refractivity contribution < 1.29 is 9.53 Å². The zero-order valence-corrected chi connectivity index (χ0v) is 12.4. The van der Waals surface area contributed by atoms with Crippen LogP contribution in [0.25, 0.3) is 0 Å². The van der Waals surface area contributed by atoms with Gasteiger partial charge in [-0.05, 0) is 25.8 Å². The Bertz CT molecular complexity index is 427. The second kappa shape index (κ2) is 6.84. The number of nitrogens with zero attached hydrogens (tertiary/aromatic N) is 1. The van der Waals surface area contributed by atoms with E-state index in [0.29, 0.717) is 6.04 Å². The van der Waals surface area contributed by atoms with Crippen molar-refractivity contribution in [1.82, 2.24) is 10.3 Å². The molecule has 2 rings (SSSR count). The molecule has 1 aliphatic carbocycles. The molecule has 0 saturated heterocycles. The molecule has 1 heterocycles. The van der Waals surface area contributed by atoms with Crippen molar-refractivity contribution in [2.75, 3.05) is 7.11 Å². The third kappa shape index (κ3) is 3.37. The van der Waals surface area contributed by atoms with Gasteiger partial charge in [0.15, 0.2) is 0 Å². The zero-order chi connectivity index (χ0) is 14.4. The number of nitrogens with one attached hydrogen (secondary N) is 1. The number of esters is 1. The van der Waals surface area contributed by atoms with Crippen LogP contribution in [0.2, 0.25) is 0 Å². The normalized spacial score (nSPS) is 19.9. The first-order valence-electron chi connectivity index (χ1n) is 7.43. The minimum absolute atomic E-state index is 0.255. The van der Waals surface area contributed by atoms with Crippen LogP contribution < -0.4 is 5.32 Å². The zero-order valence-electron chi connectivity index (χ0n) is 12.4. The van der Waals surface area contributed by atoms with Gasteiger partial charge in [0.1, 0.15) is 5.54 Å². The summed E-state index contributed by atoms with van der Waals surface area (Å²) in [5, 5.41) is 3.52. The van der Waals surface area contributed by atoms with Crippen LogP contribution >= 0.6 is 0 Å². The van der Waals surface area contributed by atoms with Gasteiger partial charge in [0, 0.05) is 24.0 Å². The highest BCUT2D eigenvalue weighted by atomic mass is 16.5. The van der Waals surface area contributed by atoms with Crippen molar-refractivity contribution in [1.29, 1.82) is 0 Å². The van der Waals surface area contributed by atoms with Gasteiger partial charge in [0.05, 0.1) is 7.11 Å². The Hall–Kier alpha value is -1.42. The van der Waals surface area contributed by atoms with Gasteiger partial charge in [-0.2, -0.15) is 0 Å². The molecule has 1 atom stereocenters. The first-order valence-corrected chi connectivity index (χ1v) is 7.43. The van der Waals surface area contributed by atoms with E-state index in [1.54, 1.807) is 12.4 Å². The third-order valence-electron chi connectivity index (χ3n) is 4.18. The molecule has 4 nitrogen and oxygen atoms in total. The summed E-state index contributed by atoms with van der Waals surface area (Å²) in [6.07, 6.45) is 10.7. The third-order valence-corrected chi connectivity index (χ3v) is 4.18. The minimum atomic E-state index is -0.821. The SMILES string of the molecule is COC(=O)C(C)(NC1CCCCCC1)c1cccnc1. The fraction of sp³-hybridized carbons (Fsp3) is 0.625. The summed E-state index contributed by atoms with van der Waals surface area (Å²) in [6, 6.07) is 4.14. The maximum Gasteiger partial charge on any atom is 0.330 e. The van der Waals surface area contributed by atoms with E-state index in [1.165, 1.54) is 32.8 Å². The predicted molar refractivity (Wildman–Crippen MR) is 78.2 cm³/mol. The molecule has 0 aromatic carbocycles. The Morgan fingerprint density at radius 2 is 2.05 bits per heavy atom. The second-order valence-corrected chi connectivity index (χ2v) is 5.69. The molecule has 1 N–H and O–H groups in total. The highest BCUT2D eigenvalue weighted by molar-refractivity contribution is 5.82. The monoisotopic (exact) mass is 276 g/mol. The fourth-order valence-electron chi connectivity index (χ4n) is 2.95. The molecule has 1 unspecified atom stereocenters.